The molecule has 2 aromatic heterocycles. The minimum absolute atomic E-state index is 0.0169. The van der Waals surface area contributed by atoms with Gasteiger partial charge >= 0.3 is 0 Å². The maximum Gasteiger partial charge on any atom is 0.277 e. The van der Waals surface area contributed by atoms with Gasteiger partial charge in [-0.25, -0.2) is 22.8 Å². The molecule has 10 nitrogen and oxygen atoms in total. The minimum Gasteiger partial charge on any atom is -0.395 e. The van der Waals surface area contributed by atoms with E-state index < -0.39 is 10.0 Å². The van der Waals surface area contributed by atoms with Gasteiger partial charge in [-0.05, 0) is 42.8 Å². The van der Waals surface area contributed by atoms with Crippen LogP contribution in [0.2, 0.25) is 0 Å². The Labute approximate surface area is 189 Å². The van der Waals surface area contributed by atoms with Crippen molar-refractivity contribution in [1.29, 1.82) is 0 Å². The largest absolute Gasteiger partial charge is 0.395 e. The number of aryl methyl sites for hydroxylation is 1. The number of nitrogens with zero attached hydrogens (tertiary/aromatic N) is 3. The van der Waals surface area contributed by atoms with Crippen LogP contribution in [0.1, 0.15) is 11.3 Å². The Hall–Kier alpha value is -3.38. The predicted octanol–water partition coefficient (Wildman–Crippen LogP) is 1.50. The van der Waals surface area contributed by atoms with E-state index in [0.29, 0.717) is 27.9 Å². The molecule has 3 N–H and O–H groups in total. The molecule has 4 aromatic rings. The topological polar surface area (TPSA) is 139 Å². The fourth-order valence-corrected chi connectivity index (χ4v) is 4.62. The molecule has 0 aliphatic rings. The van der Waals surface area contributed by atoms with Gasteiger partial charge in [0.25, 0.3) is 5.56 Å². The van der Waals surface area contributed by atoms with Gasteiger partial charge in [0.15, 0.2) is 5.52 Å². The van der Waals surface area contributed by atoms with Crippen LogP contribution in [0.5, 0.6) is 0 Å². The Balaban J connectivity index is 1.85. The van der Waals surface area contributed by atoms with E-state index in [1.165, 1.54) is 19.2 Å². The van der Waals surface area contributed by atoms with Gasteiger partial charge in [-0.2, -0.15) is 5.10 Å². The fraction of sp³-hybridized carbons (Fsp3) is 0.227. The first-order valence-electron chi connectivity index (χ1n) is 10.1. The van der Waals surface area contributed by atoms with Gasteiger partial charge in [0, 0.05) is 19.2 Å². The number of fused-ring (bicyclic) bond motifs is 1. The third-order valence-corrected chi connectivity index (χ3v) is 6.50. The molecule has 0 radical (unpaired) electrons. The van der Waals surface area contributed by atoms with Gasteiger partial charge in [-0.15, -0.1) is 0 Å². The molecule has 0 bridgehead atoms. The predicted molar refractivity (Wildman–Crippen MR) is 123 cm³/mol. The van der Waals surface area contributed by atoms with Gasteiger partial charge in [-0.1, -0.05) is 18.2 Å². The van der Waals surface area contributed by atoms with E-state index in [4.69, 9.17) is 9.84 Å². The molecule has 0 fully saturated rings. The standard InChI is InChI=1S/C22H23N5O5S/c1-14-19-20(27(26-14)16-6-4-3-5-7-16)22(29)25-21(24-19)18-9-8-17(12-15(18)13-32-2)33(30,31)23-10-11-28/h3-9,12,23,28H,10-11,13H2,1-2H3,(H,24,25,29). The van der Waals surface area contributed by atoms with Crippen LogP contribution in [0, 0.1) is 6.92 Å². The third kappa shape index (κ3) is 4.44. The first-order valence-corrected chi connectivity index (χ1v) is 11.6. The highest BCUT2D eigenvalue weighted by molar-refractivity contribution is 7.89. The number of aromatic nitrogens is 4. The molecular weight excluding hydrogens is 446 g/mol. The first-order chi connectivity index (χ1) is 15.9. The highest BCUT2D eigenvalue weighted by atomic mass is 32.2. The molecule has 33 heavy (non-hydrogen) atoms. The summed E-state index contributed by atoms with van der Waals surface area (Å²) in [5.41, 5.74) is 2.78. The number of sulfonamides is 1. The molecule has 0 saturated heterocycles. The van der Waals surface area contributed by atoms with E-state index in [2.05, 4.69) is 19.8 Å². The van der Waals surface area contributed by atoms with Crippen LogP contribution in [0.4, 0.5) is 0 Å². The number of H-pyrrole nitrogens is 1. The molecule has 0 unspecified atom stereocenters. The number of aromatic amines is 1. The highest BCUT2D eigenvalue weighted by Gasteiger charge is 2.20. The Morgan fingerprint density at radius 1 is 1.18 bits per heavy atom. The summed E-state index contributed by atoms with van der Waals surface area (Å²) in [6.45, 7) is 1.46. The second-order valence-electron chi connectivity index (χ2n) is 7.32. The lowest BCUT2D eigenvalue weighted by Gasteiger charge is -2.12. The summed E-state index contributed by atoms with van der Waals surface area (Å²) >= 11 is 0. The molecule has 0 aliphatic carbocycles. The number of methoxy groups -OCH3 is 1. The maximum atomic E-state index is 13.1. The van der Waals surface area contributed by atoms with Crippen molar-refractivity contribution in [1.82, 2.24) is 24.5 Å². The van der Waals surface area contributed by atoms with E-state index in [0.717, 1.165) is 5.69 Å². The molecule has 4 rings (SSSR count). The maximum absolute atomic E-state index is 13.1. The summed E-state index contributed by atoms with van der Waals surface area (Å²) in [4.78, 5) is 20.5. The molecule has 0 spiro atoms. The van der Waals surface area contributed by atoms with Crippen LogP contribution in [0.25, 0.3) is 28.1 Å². The normalized spacial score (nSPS) is 11.8. The second-order valence-corrected chi connectivity index (χ2v) is 9.08. The molecule has 11 heteroatoms. The van der Waals surface area contributed by atoms with Gasteiger partial charge in [0.05, 0.1) is 29.5 Å². The molecule has 2 heterocycles. The van der Waals surface area contributed by atoms with Gasteiger partial charge in [0.2, 0.25) is 10.0 Å². The van der Waals surface area contributed by atoms with Crippen LogP contribution in [0.3, 0.4) is 0 Å². The van der Waals surface area contributed by atoms with Crippen molar-refractivity contribution >= 4 is 21.1 Å². The zero-order valence-electron chi connectivity index (χ0n) is 18.1. The number of aliphatic hydroxyl groups excluding tert-OH is 1. The zero-order chi connectivity index (χ0) is 23.6. The summed E-state index contributed by atoms with van der Waals surface area (Å²) in [5.74, 6) is 0.280. The van der Waals surface area contributed by atoms with E-state index in [1.54, 1.807) is 17.7 Å². The Kier molecular flexibility index (Phi) is 6.38. The van der Waals surface area contributed by atoms with E-state index >= 15 is 0 Å². The second kappa shape index (κ2) is 9.24. The Morgan fingerprint density at radius 3 is 2.64 bits per heavy atom. The van der Waals surface area contributed by atoms with E-state index in [9.17, 15) is 13.2 Å². The Morgan fingerprint density at radius 2 is 1.94 bits per heavy atom. The van der Waals surface area contributed by atoms with Crippen molar-refractivity contribution in [3.63, 3.8) is 0 Å². The smallest absolute Gasteiger partial charge is 0.277 e. The SMILES string of the molecule is COCc1cc(S(=O)(=O)NCCO)ccc1-c1nc2c(C)nn(-c3ccccc3)c2c(=O)[nH]1. The summed E-state index contributed by atoms with van der Waals surface area (Å²) in [7, 11) is -2.32. The average Bonchev–Trinajstić information content (AvgIpc) is 3.15. The fourth-order valence-electron chi connectivity index (χ4n) is 3.55. The molecule has 0 aliphatic heterocycles. The molecule has 0 saturated carbocycles. The summed E-state index contributed by atoms with van der Waals surface area (Å²) < 4.78 is 34.0. The molecule has 172 valence electrons. The number of rotatable bonds is 8. The number of benzene rings is 2. The van der Waals surface area contributed by atoms with Crippen molar-refractivity contribution in [3.8, 4) is 17.1 Å². The third-order valence-electron chi connectivity index (χ3n) is 5.05. The molecule has 0 atom stereocenters. The lowest BCUT2D eigenvalue weighted by Crippen LogP contribution is -2.26. The lowest BCUT2D eigenvalue weighted by atomic mass is 10.1. The molecule has 0 amide bonds. The van der Waals surface area contributed by atoms with Crippen LogP contribution in [-0.2, 0) is 21.4 Å². The lowest BCUT2D eigenvalue weighted by molar-refractivity contribution is 0.185. The van der Waals surface area contributed by atoms with E-state index in [1.807, 2.05) is 30.3 Å². The van der Waals surface area contributed by atoms with E-state index in [-0.39, 0.29) is 36.0 Å². The minimum atomic E-state index is -3.81. The highest BCUT2D eigenvalue weighted by Crippen LogP contribution is 2.26. The molecule has 2 aromatic carbocycles. The number of hydrogen-bond donors (Lipinski definition) is 3. The zero-order valence-corrected chi connectivity index (χ0v) is 18.9. The number of nitrogens with one attached hydrogen (secondary N) is 2. The van der Waals surface area contributed by atoms with Crippen molar-refractivity contribution in [3.05, 3.63) is 70.1 Å². The number of hydrogen-bond acceptors (Lipinski definition) is 7. The summed E-state index contributed by atoms with van der Waals surface area (Å²) in [6.07, 6.45) is 0. The van der Waals surface area contributed by atoms with Crippen molar-refractivity contribution in [2.45, 2.75) is 18.4 Å². The van der Waals surface area contributed by atoms with Crippen molar-refractivity contribution in [2.75, 3.05) is 20.3 Å². The molecular formula is C22H23N5O5S. The number of aliphatic hydroxyl groups is 1. The first kappa shape index (κ1) is 22.8. The average molecular weight is 470 g/mol. The van der Waals surface area contributed by atoms with Crippen LogP contribution < -0.4 is 10.3 Å². The van der Waals surface area contributed by atoms with Crippen LogP contribution in [-0.4, -0.2) is 53.5 Å². The quantitative estimate of drug-likeness (QED) is 0.355. The van der Waals surface area contributed by atoms with Gasteiger partial charge in [-0.3, -0.25) is 4.79 Å². The van der Waals surface area contributed by atoms with Gasteiger partial charge in [0.1, 0.15) is 11.3 Å². The summed E-state index contributed by atoms with van der Waals surface area (Å²) in [5, 5.41) is 13.4. The van der Waals surface area contributed by atoms with Crippen LogP contribution >= 0.6 is 0 Å². The monoisotopic (exact) mass is 469 g/mol. The van der Waals surface area contributed by atoms with Crippen LogP contribution in [0.15, 0.2) is 58.2 Å². The Bertz CT molecular complexity index is 1460. The van der Waals surface area contributed by atoms with Crippen molar-refractivity contribution in [2.24, 2.45) is 0 Å². The number of para-hydroxylation sites is 1. The number of ether oxygens (including phenoxy) is 1. The summed E-state index contributed by atoms with van der Waals surface area (Å²) in [6, 6.07) is 13.7. The van der Waals surface area contributed by atoms with Gasteiger partial charge < -0.3 is 14.8 Å². The van der Waals surface area contributed by atoms with Crippen molar-refractivity contribution < 1.29 is 18.3 Å².